The third kappa shape index (κ3) is 2.65. The van der Waals surface area contributed by atoms with Gasteiger partial charge in [0.25, 0.3) is 5.91 Å². The van der Waals surface area contributed by atoms with E-state index in [1.165, 1.54) is 16.5 Å². The van der Waals surface area contributed by atoms with E-state index in [4.69, 9.17) is 0 Å². The number of para-hydroxylation sites is 1. The highest BCUT2D eigenvalue weighted by atomic mass is 32.1. The Balaban J connectivity index is 1.88. The van der Waals surface area contributed by atoms with Crippen LogP contribution in [0.1, 0.15) is 27.7 Å². The standard InChI is InChI=1S/C16H17FN2OS/c1-2-18-15-12(4-3-5-13(15)17)16(20)19-8-6-14-11(10-19)7-9-21-14/h3-5,7,9,18H,2,6,8,10H2,1H3. The Morgan fingerprint density at radius 2 is 2.29 bits per heavy atom. The molecule has 21 heavy (non-hydrogen) atoms. The van der Waals surface area contributed by atoms with E-state index in [2.05, 4.69) is 16.8 Å². The van der Waals surface area contributed by atoms with Crippen LogP contribution in [0.2, 0.25) is 0 Å². The Bertz CT molecular complexity index is 668. The summed E-state index contributed by atoms with van der Waals surface area (Å²) < 4.78 is 13.9. The zero-order chi connectivity index (χ0) is 14.8. The molecule has 5 heteroatoms. The van der Waals surface area contributed by atoms with Crippen molar-refractivity contribution >= 4 is 22.9 Å². The number of nitrogens with one attached hydrogen (secondary N) is 1. The van der Waals surface area contributed by atoms with Crippen molar-refractivity contribution in [2.75, 3.05) is 18.4 Å². The Morgan fingerprint density at radius 3 is 3.10 bits per heavy atom. The molecule has 3 nitrogen and oxygen atoms in total. The van der Waals surface area contributed by atoms with Crippen molar-refractivity contribution in [3.05, 3.63) is 51.5 Å². The number of hydrogen-bond donors (Lipinski definition) is 1. The normalized spacial score (nSPS) is 13.9. The average Bonchev–Trinajstić information content (AvgIpc) is 2.96. The summed E-state index contributed by atoms with van der Waals surface area (Å²) >= 11 is 1.74. The predicted octanol–water partition coefficient (Wildman–Crippen LogP) is 3.52. The fourth-order valence-electron chi connectivity index (χ4n) is 2.65. The summed E-state index contributed by atoms with van der Waals surface area (Å²) in [5, 5.41) is 5.02. The lowest BCUT2D eigenvalue weighted by Gasteiger charge is -2.28. The van der Waals surface area contributed by atoms with E-state index < -0.39 is 0 Å². The highest BCUT2D eigenvalue weighted by Gasteiger charge is 2.25. The molecule has 1 N–H and O–H groups in total. The second kappa shape index (κ2) is 5.85. The summed E-state index contributed by atoms with van der Waals surface area (Å²) in [5.74, 6) is -0.488. The molecule has 1 aliphatic heterocycles. The summed E-state index contributed by atoms with van der Waals surface area (Å²) in [6, 6.07) is 6.72. The van der Waals surface area contributed by atoms with Crippen LogP contribution in [0.4, 0.5) is 10.1 Å². The number of hydrogen-bond acceptors (Lipinski definition) is 3. The van der Waals surface area contributed by atoms with Gasteiger partial charge in [-0.3, -0.25) is 4.79 Å². The van der Waals surface area contributed by atoms with Crippen LogP contribution < -0.4 is 5.32 Å². The molecule has 0 atom stereocenters. The van der Waals surface area contributed by atoms with Crippen molar-refractivity contribution in [3.8, 4) is 0 Å². The number of anilines is 1. The number of nitrogens with zero attached hydrogens (tertiary/aromatic N) is 1. The van der Waals surface area contributed by atoms with Gasteiger partial charge < -0.3 is 10.2 Å². The molecule has 0 fully saturated rings. The monoisotopic (exact) mass is 304 g/mol. The van der Waals surface area contributed by atoms with Crippen molar-refractivity contribution in [1.82, 2.24) is 4.90 Å². The molecule has 2 aromatic rings. The molecule has 3 rings (SSSR count). The molecule has 1 aromatic carbocycles. The maximum atomic E-state index is 13.9. The van der Waals surface area contributed by atoms with Crippen LogP contribution >= 0.6 is 11.3 Å². The molecular formula is C16H17FN2OS. The van der Waals surface area contributed by atoms with Crippen molar-refractivity contribution in [2.24, 2.45) is 0 Å². The first-order chi connectivity index (χ1) is 10.2. The summed E-state index contributed by atoms with van der Waals surface area (Å²) in [6.07, 6.45) is 0.880. The van der Waals surface area contributed by atoms with Crippen LogP contribution in [0.3, 0.4) is 0 Å². The number of amides is 1. The Kier molecular flexibility index (Phi) is 3.92. The molecule has 0 bridgehead atoms. The van der Waals surface area contributed by atoms with Gasteiger partial charge in [0.05, 0.1) is 11.3 Å². The van der Waals surface area contributed by atoms with Crippen LogP contribution in [-0.4, -0.2) is 23.9 Å². The number of benzene rings is 1. The van der Waals surface area contributed by atoms with E-state index in [0.717, 1.165) is 6.42 Å². The first-order valence-electron chi connectivity index (χ1n) is 7.07. The van der Waals surface area contributed by atoms with E-state index in [-0.39, 0.29) is 11.7 Å². The Labute approximate surface area is 127 Å². The quantitative estimate of drug-likeness (QED) is 0.941. The Morgan fingerprint density at radius 1 is 1.43 bits per heavy atom. The minimum absolute atomic E-state index is 0.109. The van der Waals surface area contributed by atoms with Crippen molar-refractivity contribution < 1.29 is 9.18 Å². The lowest BCUT2D eigenvalue weighted by Crippen LogP contribution is -2.35. The van der Waals surface area contributed by atoms with Gasteiger partial charge in [0.2, 0.25) is 0 Å². The minimum Gasteiger partial charge on any atom is -0.382 e. The highest BCUT2D eigenvalue weighted by Crippen LogP contribution is 2.27. The fourth-order valence-corrected chi connectivity index (χ4v) is 3.54. The molecule has 0 spiro atoms. The fraction of sp³-hybridized carbons (Fsp3) is 0.312. The van der Waals surface area contributed by atoms with Crippen LogP contribution in [-0.2, 0) is 13.0 Å². The summed E-state index contributed by atoms with van der Waals surface area (Å²) in [6.45, 7) is 3.77. The summed E-state index contributed by atoms with van der Waals surface area (Å²) in [5.41, 5.74) is 1.93. The third-order valence-electron chi connectivity index (χ3n) is 3.69. The van der Waals surface area contributed by atoms with Crippen LogP contribution in [0.15, 0.2) is 29.6 Å². The van der Waals surface area contributed by atoms with E-state index in [1.54, 1.807) is 28.4 Å². The SMILES string of the molecule is CCNc1c(F)cccc1C(=O)N1CCc2sccc2C1. The first-order valence-corrected chi connectivity index (χ1v) is 7.95. The zero-order valence-corrected chi connectivity index (χ0v) is 12.7. The van der Waals surface area contributed by atoms with E-state index in [0.29, 0.717) is 30.9 Å². The van der Waals surface area contributed by atoms with Crippen molar-refractivity contribution in [1.29, 1.82) is 0 Å². The average molecular weight is 304 g/mol. The topological polar surface area (TPSA) is 32.3 Å². The highest BCUT2D eigenvalue weighted by molar-refractivity contribution is 7.10. The predicted molar refractivity (Wildman–Crippen MR) is 83.3 cm³/mol. The molecule has 1 aliphatic rings. The maximum absolute atomic E-state index is 13.9. The Hall–Kier alpha value is -1.88. The minimum atomic E-state index is -0.379. The number of thiophene rings is 1. The van der Waals surface area contributed by atoms with Gasteiger partial charge in [-0.15, -0.1) is 11.3 Å². The summed E-state index contributed by atoms with van der Waals surface area (Å²) in [7, 11) is 0. The molecule has 0 saturated carbocycles. The molecule has 1 amide bonds. The maximum Gasteiger partial charge on any atom is 0.256 e. The van der Waals surface area contributed by atoms with E-state index in [1.807, 2.05) is 6.92 Å². The molecular weight excluding hydrogens is 287 g/mol. The molecule has 0 radical (unpaired) electrons. The molecule has 2 heterocycles. The van der Waals surface area contributed by atoms with Gasteiger partial charge in [-0.05, 0) is 42.5 Å². The van der Waals surface area contributed by atoms with Gasteiger partial charge in [0.15, 0.2) is 0 Å². The van der Waals surface area contributed by atoms with Gasteiger partial charge in [0, 0.05) is 24.5 Å². The molecule has 0 unspecified atom stereocenters. The van der Waals surface area contributed by atoms with Crippen LogP contribution in [0.5, 0.6) is 0 Å². The molecule has 1 aromatic heterocycles. The van der Waals surface area contributed by atoms with Crippen LogP contribution in [0.25, 0.3) is 0 Å². The molecule has 0 aliphatic carbocycles. The van der Waals surface area contributed by atoms with Gasteiger partial charge >= 0.3 is 0 Å². The summed E-state index contributed by atoms with van der Waals surface area (Å²) in [4.78, 5) is 15.9. The van der Waals surface area contributed by atoms with Crippen molar-refractivity contribution in [3.63, 3.8) is 0 Å². The number of carbonyl (C=O) groups is 1. The van der Waals surface area contributed by atoms with Crippen molar-refractivity contribution in [2.45, 2.75) is 19.9 Å². The number of rotatable bonds is 3. The second-order valence-corrected chi connectivity index (χ2v) is 6.04. The second-order valence-electron chi connectivity index (χ2n) is 5.04. The number of halogens is 1. The first kappa shape index (κ1) is 14.1. The van der Waals surface area contributed by atoms with E-state index >= 15 is 0 Å². The molecule has 0 saturated heterocycles. The van der Waals surface area contributed by atoms with Gasteiger partial charge in [0.1, 0.15) is 5.82 Å². The lowest BCUT2D eigenvalue weighted by molar-refractivity contribution is 0.0736. The van der Waals surface area contributed by atoms with Gasteiger partial charge in [-0.2, -0.15) is 0 Å². The molecule has 110 valence electrons. The van der Waals surface area contributed by atoms with E-state index in [9.17, 15) is 9.18 Å². The third-order valence-corrected chi connectivity index (χ3v) is 4.72. The largest absolute Gasteiger partial charge is 0.382 e. The zero-order valence-electron chi connectivity index (χ0n) is 11.9. The van der Waals surface area contributed by atoms with Gasteiger partial charge in [-0.25, -0.2) is 4.39 Å². The smallest absolute Gasteiger partial charge is 0.256 e. The van der Waals surface area contributed by atoms with Crippen LogP contribution in [0, 0.1) is 5.82 Å². The number of carbonyl (C=O) groups excluding carboxylic acids is 1. The number of fused-ring (bicyclic) bond motifs is 1. The van der Waals surface area contributed by atoms with Gasteiger partial charge in [-0.1, -0.05) is 6.07 Å². The lowest BCUT2D eigenvalue weighted by atomic mass is 10.1.